The number of rotatable bonds is 6. The molecule has 0 saturated carbocycles. The monoisotopic (exact) mass is 226 g/mol. The van der Waals surface area contributed by atoms with Gasteiger partial charge in [0.2, 0.25) is 0 Å². The third-order valence-electron chi connectivity index (χ3n) is 1.41. The van der Waals surface area contributed by atoms with Gasteiger partial charge in [-0.1, -0.05) is 0 Å². The summed E-state index contributed by atoms with van der Waals surface area (Å²) >= 11 is 0. The number of aliphatic hydroxyl groups is 1. The lowest BCUT2D eigenvalue weighted by atomic mass is 10.2. The van der Waals surface area contributed by atoms with Gasteiger partial charge in [0.05, 0.1) is 6.54 Å². The summed E-state index contributed by atoms with van der Waals surface area (Å²) in [6.45, 7) is -0.879. The van der Waals surface area contributed by atoms with Gasteiger partial charge in [0.15, 0.2) is 6.10 Å². The van der Waals surface area contributed by atoms with Crippen LogP contribution in [0.3, 0.4) is 0 Å². The summed E-state index contributed by atoms with van der Waals surface area (Å²) in [4.78, 5) is 20.8. The SMILES string of the molecule is O=C(NCCC(O)C(=O)O)NCC(F)F. The molecule has 0 aliphatic carbocycles. The van der Waals surface area contributed by atoms with Gasteiger partial charge in [0.1, 0.15) is 0 Å². The van der Waals surface area contributed by atoms with Gasteiger partial charge in [-0.05, 0) is 0 Å². The Balaban J connectivity index is 3.51. The number of hydrogen-bond acceptors (Lipinski definition) is 3. The molecule has 0 heterocycles. The molecule has 0 saturated heterocycles. The Kier molecular flexibility index (Phi) is 6.27. The Bertz CT molecular complexity index is 225. The van der Waals surface area contributed by atoms with Crippen molar-refractivity contribution in [3.63, 3.8) is 0 Å². The van der Waals surface area contributed by atoms with Crippen LogP contribution in [-0.2, 0) is 4.79 Å². The molecule has 0 aromatic heterocycles. The Morgan fingerprint density at radius 2 is 1.87 bits per heavy atom. The van der Waals surface area contributed by atoms with Gasteiger partial charge >= 0.3 is 12.0 Å². The van der Waals surface area contributed by atoms with Gasteiger partial charge in [0.25, 0.3) is 6.43 Å². The quantitative estimate of drug-likeness (QED) is 0.485. The molecule has 88 valence electrons. The topological polar surface area (TPSA) is 98.7 Å². The van der Waals surface area contributed by atoms with E-state index in [1.54, 1.807) is 0 Å². The van der Waals surface area contributed by atoms with Crippen LogP contribution >= 0.6 is 0 Å². The van der Waals surface area contributed by atoms with Crippen molar-refractivity contribution >= 4 is 12.0 Å². The van der Waals surface area contributed by atoms with Crippen LogP contribution in [0.5, 0.6) is 0 Å². The van der Waals surface area contributed by atoms with E-state index in [1.165, 1.54) is 0 Å². The third kappa shape index (κ3) is 7.62. The van der Waals surface area contributed by atoms with Gasteiger partial charge < -0.3 is 20.8 Å². The predicted molar refractivity (Wildman–Crippen MR) is 45.7 cm³/mol. The van der Waals surface area contributed by atoms with E-state index in [2.05, 4.69) is 5.32 Å². The maximum Gasteiger partial charge on any atom is 0.332 e. The Morgan fingerprint density at radius 1 is 1.27 bits per heavy atom. The zero-order chi connectivity index (χ0) is 11.8. The average Bonchev–Trinajstić information content (AvgIpc) is 2.14. The van der Waals surface area contributed by atoms with E-state index in [4.69, 9.17) is 10.2 Å². The van der Waals surface area contributed by atoms with Crippen molar-refractivity contribution in [1.82, 2.24) is 10.6 Å². The molecule has 0 radical (unpaired) electrons. The third-order valence-corrected chi connectivity index (χ3v) is 1.41. The highest BCUT2D eigenvalue weighted by atomic mass is 19.3. The van der Waals surface area contributed by atoms with Gasteiger partial charge in [-0.25, -0.2) is 18.4 Å². The van der Waals surface area contributed by atoms with Crippen molar-refractivity contribution in [2.45, 2.75) is 19.0 Å². The highest BCUT2D eigenvalue weighted by Crippen LogP contribution is 1.90. The van der Waals surface area contributed by atoms with Crippen LogP contribution in [0.4, 0.5) is 13.6 Å². The van der Waals surface area contributed by atoms with Gasteiger partial charge in [-0.3, -0.25) is 0 Å². The summed E-state index contributed by atoms with van der Waals surface area (Å²) in [7, 11) is 0. The summed E-state index contributed by atoms with van der Waals surface area (Å²) in [5.74, 6) is -1.40. The van der Waals surface area contributed by atoms with E-state index in [1.807, 2.05) is 5.32 Å². The van der Waals surface area contributed by atoms with E-state index in [0.29, 0.717) is 0 Å². The lowest BCUT2D eigenvalue weighted by Gasteiger charge is -2.08. The molecule has 0 bridgehead atoms. The normalized spacial score (nSPS) is 12.3. The summed E-state index contributed by atoms with van der Waals surface area (Å²) < 4.78 is 23.2. The summed E-state index contributed by atoms with van der Waals surface area (Å²) in [5.41, 5.74) is 0. The number of aliphatic hydroxyl groups excluding tert-OH is 1. The number of alkyl halides is 2. The first-order chi connectivity index (χ1) is 6.93. The number of carboxylic acids is 1. The number of hydrogen-bond donors (Lipinski definition) is 4. The number of aliphatic carboxylic acids is 1. The molecule has 0 aromatic rings. The van der Waals surface area contributed by atoms with Crippen molar-refractivity contribution < 1.29 is 28.6 Å². The second-order valence-corrected chi connectivity index (χ2v) is 2.67. The van der Waals surface area contributed by atoms with E-state index in [9.17, 15) is 18.4 Å². The summed E-state index contributed by atoms with van der Waals surface area (Å²) in [6.07, 6.45) is -4.39. The largest absolute Gasteiger partial charge is 0.479 e. The van der Waals surface area contributed by atoms with E-state index in [-0.39, 0.29) is 13.0 Å². The van der Waals surface area contributed by atoms with E-state index < -0.39 is 31.1 Å². The highest BCUT2D eigenvalue weighted by molar-refractivity contribution is 5.74. The van der Waals surface area contributed by atoms with Crippen molar-refractivity contribution in [2.75, 3.05) is 13.1 Å². The molecular formula is C7H12F2N2O4. The molecule has 0 fully saturated rings. The number of amides is 2. The lowest BCUT2D eigenvalue weighted by molar-refractivity contribution is -0.146. The minimum atomic E-state index is -2.64. The fourth-order valence-electron chi connectivity index (χ4n) is 0.678. The van der Waals surface area contributed by atoms with Crippen LogP contribution in [-0.4, -0.2) is 47.8 Å². The standard InChI is InChI=1S/C7H12F2N2O4/c8-5(9)3-11-7(15)10-2-1-4(12)6(13)14/h4-5,12H,1-3H2,(H,13,14)(H2,10,11,15). The number of carboxylic acid groups (broad SMARTS) is 1. The first kappa shape index (κ1) is 13.6. The molecule has 2 amide bonds. The van der Waals surface area contributed by atoms with Crippen molar-refractivity contribution in [3.8, 4) is 0 Å². The highest BCUT2D eigenvalue weighted by Gasteiger charge is 2.13. The van der Waals surface area contributed by atoms with Gasteiger partial charge in [0, 0.05) is 13.0 Å². The van der Waals surface area contributed by atoms with Crippen LogP contribution in [0.2, 0.25) is 0 Å². The fourth-order valence-corrected chi connectivity index (χ4v) is 0.678. The molecule has 8 heteroatoms. The maximum absolute atomic E-state index is 11.6. The molecule has 0 spiro atoms. The molecule has 15 heavy (non-hydrogen) atoms. The molecule has 0 aromatic carbocycles. The minimum Gasteiger partial charge on any atom is -0.479 e. The summed E-state index contributed by atoms with van der Waals surface area (Å²) in [6, 6.07) is -0.826. The molecule has 1 atom stereocenters. The van der Waals surface area contributed by atoms with E-state index >= 15 is 0 Å². The van der Waals surface area contributed by atoms with Crippen molar-refractivity contribution in [3.05, 3.63) is 0 Å². The maximum atomic E-state index is 11.6. The number of halogens is 2. The van der Waals surface area contributed by atoms with E-state index in [0.717, 1.165) is 0 Å². The van der Waals surface area contributed by atoms with Crippen LogP contribution in [0, 0.1) is 0 Å². The second kappa shape index (κ2) is 6.93. The number of urea groups is 1. The van der Waals surface area contributed by atoms with Crippen LogP contribution in [0.15, 0.2) is 0 Å². The molecular weight excluding hydrogens is 214 g/mol. The molecule has 6 nitrogen and oxygen atoms in total. The van der Waals surface area contributed by atoms with Crippen LogP contribution in [0.25, 0.3) is 0 Å². The zero-order valence-corrected chi connectivity index (χ0v) is 7.74. The molecule has 0 aliphatic rings. The number of carbonyl (C=O) groups excluding carboxylic acids is 1. The molecule has 1 unspecified atom stereocenters. The summed E-state index contributed by atoms with van der Waals surface area (Å²) in [5, 5.41) is 21.0. The molecule has 0 aliphatic heterocycles. The molecule has 0 rings (SSSR count). The number of carbonyl (C=O) groups is 2. The minimum absolute atomic E-state index is 0.109. The van der Waals surface area contributed by atoms with Crippen LogP contribution < -0.4 is 10.6 Å². The average molecular weight is 226 g/mol. The van der Waals surface area contributed by atoms with Gasteiger partial charge in [-0.2, -0.15) is 0 Å². The fraction of sp³-hybridized carbons (Fsp3) is 0.714. The zero-order valence-electron chi connectivity index (χ0n) is 7.74. The Morgan fingerprint density at radius 3 is 2.33 bits per heavy atom. The Labute approximate surface area is 84.3 Å². The second-order valence-electron chi connectivity index (χ2n) is 2.67. The van der Waals surface area contributed by atoms with Crippen LogP contribution in [0.1, 0.15) is 6.42 Å². The van der Waals surface area contributed by atoms with Crippen molar-refractivity contribution in [1.29, 1.82) is 0 Å². The first-order valence-electron chi connectivity index (χ1n) is 4.14. The van der Waals surface area contributed by atoms with Crippen molar-refractivity contribution in [2.24, 2.45) is 0 Å². The smallest absolute Gasteiger partial charge is 0.332 e. The first-order valence-corrected chi connectivity index (χ1v) is 4.14. The molecule has 4 N–H and O–H groups in total. The predicted octanol–water partition coefficient (Wildman–Crippen LogP) is -0.614. The van der Waals surface area contributed by atoms with Gasteiger partial charge in [-0.15, -0.1) is 0 Å². The lowest BCUT2D eigenvalue weighted by Crippen LogP contribution is -2.39. The number of nitrogens with one attached hydrogen (secondary N) is 2. The Hall–Kier alpha value is -1.44.